The summed E-state index contributed by atoms with van der Waals surface area (Å²) in [5, 5.41) is 16.7. The first-order valence-electron chi connectivity index (χ1n) is 13.2. The van der Waals surface area contributed by atoms with Gasteiger partial charge in [-0.15, -0.1) is 0 Å². The number of aromatic nitrogens is 3. The van der Waals surface area contributed by atoms with Crippen LogP contribution < -0.4 is 5.56 Å². The molecule has 41 heavy (non-hydrogen) atoms. The zero-order valence-corrected chi connectivity index (χ0v) is 22.2. The summed E-state index contributed by atoms with van der Waals surface area (Å²) >= 11 is 0. The van der Waals surface area contributed by atoms with E-state index in [4.69, 9.17) is 14.5 Å². The van der Waals surface area contributed by atoms with E-state index >= 15 is 0 Å². The van der Waals surface area contributed by atoms with Gasteiger partial charge in [-0.2, -0.15) is 15.0 Å². The van der Waals surface area contributed by atoms with Crippen LogP contribution >= 0.6 is 0 Å². The molecule has 3 aromatic heterocycles. The van der Waals surface area contributed by atoms with Gasteiger partial charge in [-0.3, -0.25) is 4.79 Å². The molecule has 0 aliphatic rings. The van der Waals surface area contributed by atoms with E-state index in [2.05, 4.69) is 16.7 Å². The Bertz CT molecular complexity index is 2210. The Morgan fingerprint density at radius 1 is 0.927 bits per heavy atom. The maximum atomic E-state index is 13.8. The molecule has 196 valence electrons. The van der Waals surface area contributed by atoms with Crippen molar-refractivity contribution >= 4 is 39.0 Å². The Morgan fingerprint density at radius 3 is 2.51 bits per heavy atom. The molecule has 4 aromatic carbocycles. The van der Waals surface area contributed by atoms with Crippen molar-refractivity contribution in [3.8, 4) is 17.7 Å². The number of nitrogens with zero attached hydrogens (tertiary/aromatic N) is 5. The van der Waals surface area contributed by atoms with Gasteiger partial charge >= 0.3 is 0 Å². The highest BCUT2D eigenvalue weighted by Gasteiger charge is 2.18. The van der Waals surface area contributed by atoms with Gasteiger partial charge < -0.3 is 8.98 Å². The summed E-state index contributed by atoms with van der Waals surface area (Å²) in [4.78, 5) is 18.6. The fraction of sp³-hybridized carbons (Fsp3) is 0.0588. The first-order chi connectivity index (χ1) is 20.1. The van der Waals surface area contributed by atoms with E-state index in [1.165, 1.54) is 4.68 Å². The maximum absolute atomic E-state index is 13.8. The van der Waals surface area contributed by atoms with Crippen LogP contribution in [0.5, 0.6) is 0 Å². The topological polar surface area (TPSA) is 89.1 Å². The Hall–Kier alpha value is -5.74. The molecule has 0 saturated carbocycles. The molecule has 0 spiro atoms. The Labute approximate surface area is 234 Å². The Balaban J connectivity index is 1.41. The van der Waals surface area contributed by atoms with Gasteiger partial charge in [0.1, 0.15) is 5.58 Å². The van der Waals surface area contributed by atoms with Gasteiger partial charge in [-0.05, 0) is 48.9 Å². The second-order valence-corrected chi connectivity index (χ2v) is 9.83. The van der Waals surface area contributed by atoms with Crippen molar-refractivity contribution in [3.63, 3.8) is 0 Å². The average Bonchev–Trinajstić information content (AvgIpc) is 3.56. The Morgan fingerprint density at radius 2 is 1.66 bits per heavy atom. The quantitative estimate of drug-likeness (QED) is 0.226. The SMILES string of the molecule is Cc1c(C=Nn2c(-c3cc4ccccc4o3)nc3ccccc3c2=O)c2ccccc2n1Cc1ccccc1C#N. The predicted octanol–water partition coefficient (Wildman–Crippen LogP) is 6.88. The molecule has 0 N–H and O–H groups in total. The van der Waals surface area contributed by atoms with Crippen molar-refractivity contribution in [2.75, 3.05) is 0 Å². The van der Waals surface area contributed by atoms with Crippen LogP contribution in [0.1, 0.15) is 22.4 Å². The molecule has 0 atom stereocenters. The molecule has 0 fully saturated rings. The van der Waals surface area contributed by atoms with Crippen molar-refractivity contribution < 1.29 is 4.42 Å². The van der Waals surface area contributed by atoms with E-state index in [0.717, 1.165) is 33.1 Å². The lowest BCUT2D eigenvalue weighted by Gasteiger charge is -2.10. The molecule has 0 aliphatic heterocycles. The van der Waals surface area contributed by atoms with Crippen molar-refractivity contribution in [2.45, 2.75) is 13.5 Å². The lowest BCUT2D eigenvalue weighted by atomic mass is 10.1. The maximum Gasteiger partial charge on any atom is 0.282 e. The summed E-state index contributed by atoms with van der Waals surface area (Å²) in [5.41, 5.74) is 5.43. The summed E-state index contributed by atoms with van der Waals surface area (Å²) in [6, 6.07) is 34.8. The van der Waals surface area contributed by atoms with Gasteiger partial charge in [0.2, 0.25) is 5.82 Å². The molecular formula is C34H23N5O2. The molecular weight excluding hydrogens is 510 g/mol. The fourth-order valence-corrected chi connectivity index (χ4v) is 5.36. The van der Waals surface area contributed by atoms with Gasteiger partial charge in [-0.1, -0.05) is 66.7 Å². The lowest BCUT2D eigenvalue weighted by molar-refractivity contribution is 0.616. The summed E-state index contributed by atoms with van der Waals surface area (Å²) < 4.78 is 9.60. The van der Waals surface area contributed by atoms with Gasteiger partial charge in [0.05, 0.1) is 28.8 Å². The van der Waals surface area contributed by atoms with Crippen molar-refractivity contribution in [1.82, 2.24) is 14.2 Å². The number of furan rings is 1. The summed E-state index contributed by atoms with van der Waals surface area (Å²) in [5.74, 6) is 0.781. The van der Waals surface area contributed by atoms with Crippen LogP contribution in [0.15, 0.2) is 117 Å². The second kappa shape index (κ2) is 9.78. The van der Waals surface area contributed by atoms with E-state index in [1.807, 2.05) is 97.9 Å². The number of nitriles is 1. The second-order valence-electron chi connectivity index (χ2n) is 9.83. The van der Waals surface area contributed by atoms with Crippen LogP contribution in [0.2, 0.25) is 0 Å². The summed E-state index contributed by atoms with van der Waals surface area (Å²) in [6.45, 7) is 2.56. The minimum Gasteiger partial charge on any atom is -0.453 e. The molecule has 0 bridgehead atoms. The monoisotopic (exact) mass is 533 g/mol. The number of rotatable bonds is 5. The lowest BCUT2D eigenvalue weighted by Crippen LogP contribution is -2.20. The van der Waals surface area contributed by atoms with Gasteiger partial charge in [0.25, 0.3) is 5.56 Å². The number of benzene rings is 4. The number of hydrogen-bond donors (Lipinski definition) is 0. The van der Waals surface area contributed by atoms with Crippen LogP contribution in [0.25, 0.3) is 44.4 Å². The molecule has 7 nitrogen and oxygen atoms in total. The normalized spacial score (nSPS) is 11.6. The molecule has 0 unspecified atom stereocenters. The molecule has 0 amide bonds. The third kappa shape index (κ3) is 4.10. The van der Waals surface area contributed by atoms with Crippen molar-refractivity contribution in [2.24, 2.45) is 5.10 Å². The van der Waals surface area contributed by atoms with Crippen LogP contribution in [0, 0.1) is 18.3 Å². The van der Waals surface area contributed by atoms with Gasteiger partial charge in [0, 0.05) is 34.1 Å². The number of para-hydroxylation sites is 3. The van der Waals surface area contributed by atoms with Crippen LogP contribution in [0.4, 0.5) is 0 Å². The minimum absolute atomic E-state index is 0.286. The van der Waals surface area contributed by atoms with Crippen LogP contribution in [-0.4, -0.2) is 20.4 Å². The van der Waals surface area contributed by atoms with Crippen molar-refractivity contribution in [3.05, 3.63) is 136 Å². The first kappa shape index (κ1) is 24.3. The van der Waals surface area contributed by atoms with E-state index in [-0.39, 0.29) is 5.56 Å². The molecule has 0 radical (unpaired) electrons. The van der Waals surface area contributed by atoms with Gasteiger partial charge in [0.15, 0.2) is 5.76 Å². The minimum atomic E-state index is -0.286. The molecule has 7 rings (SSSR count). The smallest absolute Gasteiger partial charge is 0.282 e. The summed E-state index contributed by atoms with van der Waals surface area (Å²) in [7, 11) is 0. The molecule has 3 heterocycles. The fourth-order valence-electron chi connectivity index (χ4n) is 5.36. The predicted molar refractivity (Wildman–Crippen MR) is 161 cm³/mol. The first-order valence-corrected chi connectivity index (χ1v) is 13.2. The zero-order valence-electron chi connectivity index (χ0n) is 22.2. The average molecular weight is 534 g/mol. The van der Waals surface area contributed by atoms with E-state index in [0.29, 0.717) is 40.2 Å². The number of hydrogen-bond acceptors (Lipinski definition) is 5. The van der Waals surface area contributed by atoms with Gasteiger partial charge in [-0.25, -0.2) is 4.98 Å². The van der Waals surface area contributed by atoms with E-state index in [1.54, 1.807) is 12.3 Å². The largest absolute Gasteiger partial charge is 0.453 e. The zero-order chi connectivity index (χ0) is 27.9. The number of fused-ring (bicyclic) bond motifs is 3. The van der Waals surface area contributed by atoms with Crippen molar-refractivity contribution in [1.29, 1.82) is 5.26 Å². The Kier molecular flexibility index (Phi) is 5.80. The third-order valence-corrected chi connectivity index (χ3v) is 7.45. The molecule has 7 heteroatoms. The van der Waals surface area contributed by atoms with E-state index < -0.39 is 0 Å². The molecule has 0 aliphatic carbocycles. The van der Waals surface area contributed by atoms with E-state index in [9.17, 15) is 10.1 Å². The standard InChI is InChI=1S/C34H23N5O2/c1-22-28(26-13-6-8-16-30(26)38(22)21-25-12-3-2-11-24(25)19-35)20-36-39-33(32-18-23-10-4-9-17-31(23)41-32)37-29-15-7-5-14-27(29)34(39)40/h2-18,20H,21H2,1H3. The summed E-state index contributed by atoms with van der Waals surface area (Å²) in [6.07, 6.45) is 1.72. The molecule has 0 saturated heterocycles. The third-order valence-electron chi connectivity index (χ3n) is 7.45. The highest BCUT2D eigenvalue weighted by molar-refractivity contribution is 6.01. The van der Waals surface area contributed by atoms with Crippen LogP contribution in [0.3, 0.4) is 0 Å². The molecule has 7 aromatic rings. The van der Waals surface area contributed by atoms with Crippen LogP contribution in [-0.2, 0) is 6.54 Å². The highest BCUT2D eigenvalue weighted by atomic mass is 16.3. The highest BCUT2D eigenvalue weighted by Crippen LogP contribution is 2.29.